The molecule has 1 aromatic carbocycles. The van der Waals surface area contributed by atoms with Crippen molar-refractivity contribution in [3.63, 3.8) is 0 Å². The molecule has 2 rings (SSSR count). The van der Waals surface area contributed by atoms with Crippen molar-refractivity contribution in [2.75, 3.05) is 0 Å². The lowest BCUT2D eigenvalue weighted by Gasteiger charge is -2.43. The lowest BCUT2D eigenvalue weighted by atomic mass is 9.59. The Morgan fingerprint density at radius 3 is 2.57 bits per heavy atom. The van der Waals surface area contributed by atoms with Crippen molar-refractivity contribution in [3.8, 4) is 0 Å². The summed E-state index contributed by atoms with van der Waals surface area (Å²) in [4.78, 5) is 11.4. The molecule has 0 saturated heterocycles. The van der Waals surface area contributed by atoms with E-state index in [-0.39, 0.29) is 5.41 Å². The van der Waals surface area contributed by atoms with Crippen LogP contribution in [0, 0.1) is 12.3 Å². The van der Waals surface area contributed by atoms with Crippen molar-refractivity contribution < 1.29 is 4.79 Å². The second kappa shape index (κ2) is 2.94. The number of Topliss-reactive ketones (excluding diaryl/α,β-unsaturated/α-hetero) is 1. The van der Waals surface area contributed by atoms with Crippen molar-refractivity contribution in [3.05, 3.63) is 35.4 Å². The standard InChI is InChI=1S/C13H16O/c1-9-5-4-6-10(7-9)11-8-12(14)13(11,2)3/h4-7,11H,8H2,1-3H3. The van der Waals surface area contributed by atoms with Crippen LogP contribution in [0.15, 0.2) is 24.3 Å². The number of hydrogen-bond acceptors (Lipinski definition) is 1. The fourth-order valence-electron chi connectivity index (χ4n) is 2.19. The number of rotatable bonds is 1. The van der Waals surface area contributed by atoms with E-state index in [1.54, 1.807) is 0 Å². The molecule has 1 aliphatic carbocycles. The third-order valence-corrected chi connectivity index (χ3v) is 3.42. The highest BCUT2D eigenvalue weighted by Gasteiger charge is 2.47. The first-order valence-corrected chi connectivity index (χ1v) is 5.11. The maximum Gasteiger partial charge on any atom is 0.139 e. The van der Waals surface area contributed by atoms with Gasteiger partial charge in [0.15, 0.2) is 0 Å². The van der Waals surface area contributed by atoms with Crippen molar-refractivity contribution in [1.29, 1.82) is 0 Å². The van der Waals surface area contributed by atoms with Crippen LogP contribution in [0.25, 0.3) is 0 Å². The Kier molecular flexibility index (Phi) is 1.99. The molecule has 1 aromatic rings. The number of hydrogen-bond donors (Lipinski definition) is 0. The summed E-state index contributed by atoms with van der Waals surface area (Å²) < 4.78 is 0. The van der Waals surface area contributed by atoms with Gasteiger partial charge in [-0.3, -0.25) is 4.79 Å². The molecule has 1 aliphatic rings. The van der Waals surface area contributed by atoms with Gasteiger partial charge >= 0.3 is 0 Å². The summed E-state index contributed by atoms with van der Waals surface area (Å²) in [6, 6.07) is 8.49. The second-order valence-electron chi connectivity index (χ2n) is 4.82. The summed E-state index contributed by atoms with van der Waals surface area (Å²) in [5, 5.41) is 0. The number of carbonyl (C=O) groups is 1. The van der Waals surface area contributed by atoms with Gasteiger partial charge in [-0.05, 0) is 12.5 Å². The smallest absolute Gasteiger partial charge is 0.139 e. The van der Waals surface area contributed by atoms with Gasteiger partial charge in [0, 0.05) is 17.8 Å². The zero-order valence-electron chi connectivity index (χ0n) is 9.00. The first-order valence-electron chi connectivity index (χ1n) is 5.11. The largest absolute Gasteiger partial charge is 0.299 e. The fourth-order valence-corrected chi connectivity index (χ4v) is 2.19. The van der Waals surface area contributed by atoms with Gasteiger partial charge in [0.25, 0.3) is 0 Å². The van der Waals surface area contributed by atoms with Gasteiger partial charge in [-0.2, -0.15) is 0 Å². The van der Waals surface area contributed by atoms with E-state index in [4.69, 9.17) is 0 Å². The first-order chi connectivity index (χ1) is 6.51. The Labute approximate surface area is 85.1 Å². The molecule has 1 unspecified atom stereocenters. The SMILES string of the molecule is Cc1cccc(C2CC(=O)C2(C)C)c1. The van der Waals surface area contributed by atoms with Gasteiger partial charge < -0.3 is 0 Å². The van der Waals surface area contributed by atoms with Crippen LogP contribution in [-0.4, -0.2) is 5.78 Å². The highest BCUT2D eigenvalue weighted by molar-refractivity contribution is 5.92. The molecule has 1 nitrogen and oxygen atoms in total. The van der Waals surface area contributed by atoms with Crippen LogP contribution in [0.5, 0.6) is 0 Å². The van der Waals surface area contributed by atoms with E-state index < -0.39 is 0 Å². The van der Waals surface area contributed by atoms with E-state index in [1.165, 1.54) is 11.1 Å². The van der Waals surface area contributed by atoms with Gasteiger partial charge in [-0.15, -0.1) is 0 Å². The Morgan fingerprint density at radius 2 is 2.07 bits per heavy atom. The Morgan fingerprint density at radius 1 is 1.36 bits per heavy atom. The van der Waals surface area contributed by atoms with E-state index in [0.717, 1.165) is 6.42 Å². The van der Waals surface area contributed by atoms with Gasteiger partial charge in [0.1, 0.15) is 5.78 Å². The summed E-state index contributed by atoms with van der Waals surface area (Å²) in [6.07, 6.45) is 0.719. The predicted octanol–water partition coefficient (Wildman–Crippen LogP) is 3.08. The average Bonchev–Trinajstić information content (AvgIpc) is 2.14. The van der Waals surface area contributed by atoms with E-state index in [9.17, 15) is 4.79 Å². The maximum atomic E-state index is 11.4. The topological polar surface area (TPSA) is 17.1 Å². The number of carbonyl (C=O) groups excluding carboxylic acids is 1. The molecule has 74 valence electrons. The lowest BCUT2D eigenvalue weighted by molar-refractivity contribution is -0.137. The highest BCUT2D eigenvalue weighted by Crippen LogP contribution is 2.49. The summed E-state index contributed by atoms with van der Waals surface area (Å²) in [7, 11) is 0. The van der Waals surface area contributed by atoms with Crippen molar-refractivity contribution in [1.82, 2.24) is 0 Å². The predicted molar refractivity (Wildman–Crippen MR) is 57.3 cm³/mol. The molecule has 14 heavy (non-hydrogen) atoms. The second-order valence-corrected chi connectivity index (χ2v) is 4.82. The molecule has 1 fully saturated rings. The zero-order valence-corrected chi connectivity index (χ0v) is 9.00. The zero-order chi connectivity index (χ0) is 10.3. The van der Waals surface area contributed by atoms with Crippen molar-refractivity contribution in [2.45, 2.75) is 33.1 Å². The van der Waals surface area contributed by atoms with Crippen molar-refractivity contribution in [2.24, 2.45) is 5.41 Å². The Bertz CT molecular complexity index is 377. The molecular formula is C13H16O. The van der Waals surface area contributed by atoms with E-state index in [0.29, 0.717) is 11.7 Å². The minimum atomic E-state index is -0.145. The third kappa shape index (κ3) is 1.28. The highest BCUT2D eigenvalue weighted by atomic mass is 16.1. The third-order valence-electron chi connectivity index (χ3n) is 3.42. The monoisotopic (exact) mass is 188 g/mol. The Hall–Kier alpha value is -1.11. The van der Waals surface area contributed by atoms with Crippen LogP contribution < -0.4 is 0 Å². The van der Waals surface area contributed by atoms with Crippen LogP contribution in [0.1, 0.15) is 37.3 Å². The minimum absolute atomic E-state index is 0.145. The van der Waals surface area contributed by atoms with E-state index >= 15 is 0 Å². The van der Waals surface area contributed by atoms with Crippen LogP contribution >= 0.6 is 0 Å². The quantitative estimate of drug-likeness (QED) is 0.662. The first kappa shape index (κ1) is 9.45. The normalized spacial score (nSPS) is 24.5. The van der Waals surface area contributed by atoms with E-state index in [2.05, 4.69) is 31.2 Å². The van der Waals surface area contributed by atoms with Gasteiger partial charge in [0.2, 0.25) is 0 Å². The van der Waals surface area contributed by atoms with Gasteiger partial charge in [-0.25, -0.2) is 0 Å². The molecule has 0 amide bonds. The number of benzene rings is 1. The van der Waals surface area contributed by atoms with Gasteiger partial charge in [0.05, 0.1) is 0 Å². The molecule has 1 heteroatoms. The number of aryl methyl sites for hydroxylation is 1. The molecule has 0 radical (unpaired) electrons. The average molecular weight is 188 g/mol. The molecule has 1 atom stereocenters. The summed E-state index contributed by atoms with van der Waals surface area (Å²) >= 11 is 0. The lowest BCUT2D eigenvalue weighted by Crippen LogP contribution is -2.43. The van der Waals surface area contributed by atoms with Crippen LogP contribution in [0.4, 0.5) is 0 Å². The molecule has 0 bridgehead atoms. The van der Waals surface area contributed by atoms with Gasteiger partial charge in [-0.1, -0.05) is 43.7 Å². The summed E-state index contributed by atoms with van der Waals surface area (Å²) in [5.74, 6) is 0.818. The molecule has 0 aromatic heterocycles. The van der Waals surface area contributed by atoms with Crippen molar-refractivity contribution >= 4 is 5.78 Å². The molecule has 0 spiro atoms. The summed E-state index contributed by atoms with van der Waals surface area (Å²) in [6.45, 7) is 6.19. The molecule has 0 aliphatic heterocycles. The molecule has 0 N–H and O–H groups in total. The molecule has 0 heterocycles. The van der Waals surface area contributed by atoms with Crippen LogP contribution in [0.2, 0.25) is 0 Å². The maximum absolute atomic E-state index is 11.4. The Balaban J connectivity index is 2.30. The van der Waals surface area contributed by atoms with Crippen LogP contribution in [0.3, 0.4) is 0 Å². The fraction of sp³-hybridized carbons (Fsp3) is 0.462. The molecule has 1 saturated carbocycles. The summed E-state index contributed by atoms with van der Waals surface area (Å²) in [5.41, 5.74) is 2.44. The molecular weight excluding hydrogens is 172 g/mol. The van der Waals surface area contributed by atoms with Crippen LogP contribution in [-0.2, 0) is 4.79 Å². The minimum Gasteiger partial charge on any atom is -0.299 e. The van der Waals surface area contributed by atoms with E-state index in [1.807, 2.05) is 13.8 Å². The number of ketones is 1.